The normalized spacial score (nSPS) is 11.3. The van der Waals surface area contributed by atoms with E-state index in [9.17, 15) is 33.6 Å². The van der Waals surface area contributed by atoms with Gasteiger partial charge in [0.1, 0.15) is 5.60 Å². The van der Waals surface area contributed by atoms with Crippen molar-refractivity contribution in [1.29, 1.82) is 0 Å². The first-order chi connectivity index (χ1) is 28.1. The van der Waals surface area contributed by atoms with Crippen LogP contribution in [-0.2, 0) is 33.5 Å². The van der Waals surface area contributed by atoms with Gasteiger partial charge in [0.05, 0.1) is 0 Å². The van der Waals surface area contributed by atoms with E-state index in [1.165, 1.54) is 0 Å². The molecule has 0 unspecified atom stereocenters. The number of nitrogens with one attached hydrogen (secondary N) is 7. The Hall–Kier alpha value is -4.19. The van der Waals surface area contributed by atoms with Crippen LogP contribution in [0.25, 0.3) is 0 Å². The first kappa shape index (κ1) is 54.8. The van der Waals surface area contributed by atoms with Gasteiger partial charge in [0, 0.05) is 169 Å². The lowest BCUT2D eigenvalue weighted by molar-refractivity contribution is -0.123. The van der Waals surface area contributed by atoms with Crippen LogP contribution in [0.3, 0.4) is 0 Å². The molecule has 0 saturated carbocycles. The molecule has 59 heavy (non-hydrogen) atoms. The summed E-state index contributed by atoms with van der Waals surface area (Å²) in [7, 11) is 0. The zero-order chi connectivity index (χ0) is 44.3. The van der Waals surface area contributed by atoms with Crippen LogP contribution in [0.2, 0.25) is 0 Å². The number of amides is 7. The van der Waals surface area contributed by atoms with Gasteiger partial charge >= 0.3 is 6.09 Å². The Morgan fingerprint density at radius 2 is 0.593 bits per heavy atom. The largest absolute Gasteiger partial charge is 0.444 e. The highest BCUT2D eigenvalue weighted by Crippen LogP contribution is 2.06. The number of ether oxygens (including phenoxy) is 1. The van der Waals surface area contributed by atoms with Gasteiger partial charge in [-0.2, -0.15) is 0 Å². The van der Waals surface area contributed by atoms with Gasteiger partial charge in [0.25, 0.3) is 0 Å². The minimum absolute atomic E-state index is 0.115. The van der Waals surface area contributed by atoms with Crippen LogP contribution in [-0.4, -0.2) is 193 Å². The van der Waals surface area contributed by atoms with Crippen LogP contribution in [0.5, 0.6) is 0 Å². The SMILES string of the molecule is CC(C)(C)OC(=O)NCCN(CCC(=O)NCCN(CCC(=O)NCCN)CCC(=O)NCCN)CCC(=O)NCCN(CCC(=O)NCCN)CCC(=O)NCCN. The first-order valence-electron chi connectivity index (χ1n) is 20.7. The maximum atomic E-state index is 12.9. The molecule has 22 heteroatoms. The number of carbonyl (C=O) groups excluding carboxylic acids is 7. The number of hydrogen-bond acceptors (Lipinski definition) is 15. The number of alkyl carbamates (subject to hydrolysis) is 1. The number of nitrogens with two attached hydrogens (primary N) is 4. The van der Waals surface area contributed by atoms with Crippen LogP contribution >= 0.6 is 0 Å². The molecule has 0 aliphatic rings. The van der Waals surface area contributed by atoms with Crippen LogP contribution in [0.1, 0.15) is 59.3 Å². The van der Waals surface area contributed by atoms with Crippen LogP contribution < -0.4 is 60.2 Å². The molecule has 0 saturated heterocycles. The molecule has 22 nitrogen and oxygen atoms in total. The van der Waals surface area contributed by atoms with Crippen LogP contribution in [0, 0.1) is 0 Å². The Morgan fingerprint density at radius 3 is 0.814 bits per heavy atom. The van der Waals surface area contributed by atoms with E-state index in [1.54, 1.807) is 20.8 Å². The van der Waals surface area contributed by atoms with E-state index in [-0.39, 0.29) is 93.6 Å². The minimum atomic E-state index is -0.674. The molecule has 0 aromatic heterocycles. The van der Waals surface area contributed by atoms with Crippen molar-refractivity contribution in [3.8, 4) is 0 Å². The van der Waals surface area contributed by atoms with Gasteiger partial charge in [-0.1, -0.05) is 0 Å². The summed E-state index contributed by atoms with van der Waals surface area (Å²) < 4.78 is 5.32. The van der Waals surface area contributed by atoms with Crippen molar-refractivity contribution in [2.75, 3.05) is 131 Å². The molecule has 0 aromatic carbocycles. The van der Waals surface area contributed by atoms with E-state index in [0.717, 1.165) is 0 Å². The molecule has 0 aliphatic heterocycles. The number of carbonyl (C=O) groups is 7. The zero-order valence-electron chi connectivity index (χ0n) is 35.8. The molecule has 0 spiro atoms. The molecule has 7 amide bonds. The summed E-state index contributed by atoms with van der Waals surface area (Å²) in [5.74, 6) is -1.09. The lowest BCUT2D eigenvalue weighted by atomic mass is 10.2. The molecule has 342 valence electrons. The quantitative estimate of drug-likeness (QED) is 0.0286. The molecule has 0 aromatic rings. The standard InChI is InChI=1S/C37H76N14O8/c1-37(2,3)59-36(58)48-20-29-51(25-8-34(56)46-18-27-49(21-4-30(52)42-14-10-38)22-5-31(53)43-15-11-39)26-9-35(57)47-19-28-50(23-6-32(54)44-16-12-40)24-7-33(55)45-17-13-41/h4-29,38-41H2,1-3H3,(H,42,52)(H,43,53)(H,44,54)(H,45,55)(H,46,56)(H,47,57)(H,48,58). The van der Waals surface area contributed by atoms with Crippen molar-refractivity contribution < 1.29 is 38.3 Å². The second kappa shape index (κ2) is 34.7. The number of rotatable bonds is 35. The van der Waals surface area contributed by atoms with E-state index in [0.29, 0.717) is 111 Å². The topological polar surface area (TPSA) is 327 Å². The molecule has 0 radical (unpaired) electrons. The number of hydrogen-bond donors (Lipinski definition) is 11. The predicted molar refractivity (Wildman–Crippen MR) is 226 cm³/mol. The molecular formula is C37H76N14O8. The molecule has 0 rings (SSSR count). The van der Waals surface area contributed by atoms with Gasteiger partial charge in [-0.3, -0.25) is 28.8 Å². The third-order valence-corrected chi connectivity index (χ3v) is 8.39. The maximum absolute atomic E-state index is 12.9. The van der Waals surface area contributed by atoms with E-state index in [1.807, 2.05) is 14.7 Å². The van der Waals surface area contributed by atoms with Crippen molar-refractivity contribution in [1.82, 2.24) is 51.9 Å². The second-order valence-electron chi connectivity index (χ2n) is 14.7. The van der Waals surface area contributed by atoms with E-state index >= 15 is 0 Å². The lowest BCUT2D eigenvalue weighted by Gasteiger charge is -2.24. The summed E-state index contributed by atoms with van der Waals surface area (Å²) in [6.07, 6.45) is 0.481. The molecule has 0 bridgehead atoms. The summed E-state index contributed by atoms with van der Waals surface area (Å²) in [6, 6.07) is 0. The van der Waals surface area contributed by atoms with Crippen molar-refractivity contribution >= 4 is 41.5 Å². The van der Waals surface area contributed by atoms with Crippen molar-refractivity contribution in [2.45, 2.75) is 64.9 Å². The fourth-order valence-corrected chi connectivity index (χ4v) is 5.28. The molecule has 15 N–H and O–H groups in total. The summed E-state index contributed by atoms with van der Waals surface area (Å²) in [5.41, 5.74) is 21.2. The van der Waals surface area contributed by atoms with Crippen molar-refractivity contribution in [2.24, 2.45) is 22.9 Å². The predicted octanol–water partition coefficient (Wildman–Crippen LogP) is -4.71. The molecule has 0 fully saturated rings. The van der Waals surface area contributed by atoms with Crippen molar-refractivity contribution in [3.05, 3.63) is 0 Å². The van der Waals surface area contributed by atoms with Gasteiger partial charge in [0.2, 0.25) is 35.4 Å². The minimum Gasteiger partial charge on any atom is -0.444 e. The maximum Gasteiger partial charge on any atom is 0.407 e. The van der Waals surface area contributed by atoms with E-state index in [2.05, 4.69) is 37.2 Å². The Bertz CT molecular complexity index is 1100. The average Bonchev–Trinajstić information content (AvgIpc) is 3.19. The van der Waals surface area contributed by atoms with Gasteiger partial charge in [0.15, 0.2) is 0 Å². The highest BCUT2D eigenvalue weighted by atomic mass is 16.6. The summed E-state index contributed by atoms with van der Waals surface area (Å²) in [6.45, 7) is 12.1. The Balaban J connectivity index is 5.26. The molecule has 0 heterocycles. The molecule has 0 atom stereocenters. The number of nitrogens with zero attached hydrogens (tertiary/aromatic N) is 3. The third-order valence-electron chi connectivity index (χ3n) is 8.39. The highest BCUT2D eigenvalue weighted by molar-refractivity contribution is 5.78. The van der Waals surface area contributed by atoms with Crippen molar-refractivity contribution in [3.63, 3.8) is 0 Å². The van der Waals surface area contributed by atoms with Crippen LogP contribution in [0.15, 0.2) is 0 Å². The first-order valence-corrected chi connectivity index (χ1v) is 20.7. The lowest BCUT2D eigenvalue weighted by Crippen LogP contribution is -2.42. The fraction of sp³-hybridized carbons (Fsp3) is 0.811. The van der Waals surface area contributed by atoms with E-state index < -0.39 is 11.7 Å². The van der Waals surface area contributed by atoms with Gasteiger partial charge < -0.3 is 79.6 Å². The van der Waals surface area contributed by atoms with Gasteiger partial charge in [-0.15, -0.1) is 0 Å². The highest BCUT2D eigenvalue weighted by Gasteiger charge is 2.18. The fourth-order valence-electron chi connectivity index (χ4n) is 5.28. The third kappa shape index (κ3) is 34.4. The summed E-state index contributed by atoms with van der Waals surface area (Å²) in [4.78, 5) is 92.5. The van der Waals surface area contributed by atoms with Gasteiger partial charge in [-0.25, -0.2) is 4.79 Å². The van der Waals surface area contributed by atoms with Crippen LogP contribution in [0.4, 0.5) is 4.79 Å². The smallest absolute Gasteiger partial charge is 0.407 e. The summed E-state index contributed by atoms with van der Waals surface area (Å²) in [5, 5.41) is 19.4. The Labute approximate surface area is 350 Å². The second-order valence-corrected chi connectivity index (χ2v) is 14.7. The van der Waals surface area contributed by atoms with Gasteiger partial charge in [-0.05, 0) is 20.8 Å². The molecule has 0 aliphatic carbocycles. The molecular weight excluding hydrogens is 768 g/mol. The Kier molecular flexibility index (Phi) is 32.2. The zero-order valence-corrected chi connectivity index (χ0v) is 35.8. The monoisotopic (exact) mass is 845 g/mol. The van der Waals surface area contributed by atoms with E-state index in [4.69, 9.17) is 27.7 Å². The Morgan fingerprint density at radius 1 is 0.373 bits per heavy atom. The average molecular weight is 845 g/mol. The summed E-state index contributed by atoms with van der Waals surface area (Å²) >= 11 is 0.